The van der Waals surface area contributed by atoms with Gasteiger partial charge in [0, 0.05) is 11.1 Å². The number of imidazole rings is 1. The summed E-state index contributed by atoms with van der Waals surface area (Å²) in [6.45, 7) is 2.01. The molecule has 0 radical (unpaired) electrons. The standard InChI is InChI=1S/C23H21N5O2/c1-13-2-9-17(22(24)30)18(15-7-8-15)21(13)28-12-27-20-19(25-11-26-23(20)28)16-5-3-14(10-29)4-6-16/h2-6,9,11-12,15,29H,7-8,10H2,1H3,(H2,24,30). The molecule has 0 atom stereocenters. The number of nitrogens with two attached hydrogens (primary N) is 1. The third-order valence-electron chi connectivity index (χ3n) is 5.65. The molecule has 3 N–H and O–H groups in total. The molecule has 4 aromatic rings. The fourth-order valence-corrected chi connectivity index (χ4v) is 4.01. The molecule has 1 saturated carbocycles. The first-order valence-corrected chi connectivity index (χ1v) is 9.90. The van der Waals surface area contributed by atoms with Crippen molar-refractivity contribution in [3.05, 3.63) is 71.3 Å². The smallest absolute Gasteiger partial charge is 0.249 e. The van der Waals surface area contributed by atoms with Crippen molar-refractivity contribution in [3.63, 3.8) is 0 Å². The lowest BCUT2D eigenvalue weighted by Crippen LogP contribution is -2.16. The summed E-state index contributed by atoms with van der Waals surface area (Å²) in [6, 6.07) is 11.3. The van der Waals surface area contributed by atoms with E-state index in [-0.39, 0.29) is 6.61 Å². The van der Waals surface area contributed by atoms with Crippen LogP contribution in [0, 0.1) is 6.92 Å². The predicted octanol–water partition coefficient (Wildman–Crippen LogP) is 3.26. The zero-order valence-electron chi connectivity index (χ0n) is 16.5. The second kappa shape index (κ2) is 7.03. The van der Waals surface area contributed by atoms with Crippen molar-refractivity contribution < 1.29 is 9.90 Å². The van der Waals surface area contributed by atoms with E-state index in [2.05, 4.69) is 15.0 Å². The van der Waals surface area contributed by atoms with Gasteiger partial charge in [0.1, 0.15) is 23.9 Å². The van der Waals surface area contributed by atoms with E-state index in [9.17, 15) is 9.90 Å². The minimum atomic E-state index is -0.415. The van der Waals surface area contributed by atoms with Gasteiger partial charge in [-0.2, -0.15) is 0 Å². The Morgan fingerprint density at radius 1 is 1.13 bits per heavy atom. The lowest BCUT2D eigenvalue weighted by molar-refractivity contribution is 0.0999. The highest BCUT2D eigenvalue weighted by molar-refractivity contribution is 5.96. The molecule has 1 fully saturated rings. The van der Waals surface area contributed by atoms with Crippen LogP contribution in [-0.2, 0) is 6.61 Å². The third-order valence-corrected chi connectivity index (χ3v) is 5.65. The Morgan fingerprint density at radius 3 is 2.57 bits per heavy atom. The molecule has 0 aliphatic heterocycles. The number of hydrogen-bond acceptors (Lipinski definition) is 5. The molecule has 0 spiro atoms. The van der Waals surface area contributed by atoms with Crippen molar-refractivity contribution in [2.45, 2.75) is 32.3 Å². The molecule has 1 aliphatic rings. The van der Waals surface area contributed by atoms with E-state index in [0.29, 0.717) is 22.6 Å². The Morgan fingerprint density at radius 2 is 1.90 bits per heavy atom. The first kappa shape index (κ1) is 18.4. The van der Waals surface area contributed by atoms with Crippen LogP contribution in [0.3, 0.4) is 0 Å². The van der Waals surface area contributed by atoms with Crippen molar-refractivity contribution >= 4 is 17.1 Å². The highest BCUT2D eigenvalue weighted by Crippen LogP contribution is 2.45. The summed E-state index contributed by atoms with van der Waals surface area (Å²) in [4.78, 5) is 25.7. The summed E-state index contributed by atoms with van der Waals surface area (Å²) in [5.74, 6) is -0.0888. The maximum absolute atomic E-state index is 12.1. The van der Waals surface area contributed by atoms with Gasteiger partial charge in [-0.05, 0) is 48.4 Å². The zero-order valence-corrected chi connectivity index (χ0v) is 16.5. The fourth-order valence-electron chi connectivity index (χ4n) is 4.01. The van der Waals surface area contributed by atoms with Crippen molar-refractivity contribution in [2.75, 3.05) is 0 Å². The molecule has 2 aromatic carbocycles. The maximum atomic E-state index is 12.1. The molecule has 2 aromatic heterocycles. The molecule has 7 nitrogen and oxygen atoms in total. The number of hydrogen-bond donors (Lipinski definition) is 2. The van der Waals surface area contributed by atoms with Gasteiger partial charge >= 0.3 is 0 Å². The first-order valence-electron chi connectivity index (χ1n) is 9.90. The summed E-state index contributed by atoms with van der Waals surface area (Å²) in [5, 5.41) is 9.29. The molecule has 0 unspecified atom stereocenters. The number of nitrogens with zero attached hydrogens (tertiary/aromatic N) is 4. The molecule has 2 heterocycles. The number of carbonyl (C=O) groups excluding carboxylic acids is 1. The van der Waals surface area contributed by atoms with E-state index < -0.39 is 5.91 Å². The largest absolute Gasteiger partial charge is 0.392 e. The SMILES string of the molecule is Cc1ccc(C(N)=O)c(C2CC2)c1-n1cnc2c(-c3ccc(CO)cc3)ncnc21. The fraction of sp³-hybridized carbons (Fsp3) is 0.217. The number of amides is 1. The van der Waals surface area contributed by atoms with Gasteiger partial charge in [0.05, 0.1) is 12.3 Å². The van der Waals surface area contributed by atoms with Gasteiger partial charge in [0.2, 0.25) is 5.91 Å². The summed E-state index contributed by atoms with van der Waals surface area (Å²) < 4.78 is 1.94. The lowest BCUT2D eigenvalue weighted by atomic mass is 9.96. The maximum Gasteiger partial charge on any atom is 0.249 e. The molecule has 1 aliphatic carbocycles. The van der Waals surface area contributed by atoms with Gasteiger partial charge in [-0.15, -0.1) is 0 Å². The molecule has 0 bridgehead atoms. The number of aliphatic hydroxyl groups is 1. The van der Waals surface area contributed by atoms with Crippen LogP contribution in [0.1, 0.15) is 45.8 Å². The predicted molar refractivity (Wildman–Crippen MR) is 113 cm³/mol. The van der Waals surface area contributed by atoms with E-state index in [1.807, 2.05) is 47.9 Å². The van der Waals surface area contributed by atoms with Crippen molar-refractivity contribution in [2.24, 2.45) is 5.73 Å². The second-order valence-corrected chi connectivity index (χ2v) is 7.69. The summed E-state index contributed by atoms with van der Waals surface area (Å²) >= 11 is 0. The molecule has 0 saturated heterocycles. The van der Waals surface area contributed by atoms with Crippen molar-refractivity contribution in [1.29, 1.82) is 0 Å². The number of aryl methyl sites for hydroxylation is 1. The minimum absolute atomic E-state index is 0.00643. The molecular formula is C23H21N5O2. The normalized spacial score (nSPS) is 13.7. The monoisotopic (exact) mass is 399 g/mol. The number of carbonyl (C=O) groups is 1. The van der Waals surface area contributed by atoms with E-state index in [1.165, 1.54) is 6.33 Å². The second-order valence-electron chi connectivity index (χ2n) is 7.69. The topological polar surface area (TPSA) is 107 Å². The Bertz CT molecular complexity index is 1270. The lowest BCUT2D eigenvalue weighted by Gasteiger charge is -2.16. The Balaban J connectivity index is 1.72. The van der Waals surface area contributed by atoms with Gasteiger partial charge in [-0.25, -0.2) is 15.0 Å². The van der Waals surface area contributed by atoms with Gasteiger partial charge in [-0.3, -0.25) is 9.36 Å². The van der Waals surface area contributed by atoms with E-state index in [0.717, 1.165) is 46.5 Å². The van der Waals surface area contributed by atoms with Gasteiger partial charge in [0.25, 0.3) is 0 Å². The highest BCUT2D eigenvalue weighted by atomic mass is 16.3. The Hall–Kier alpha value is -3.58. The minimum Gasteiger partial charge on any atom is -0.392 e. The highest BCUT2D eigenvalue weighted by Gasteiger charge is 2.32. The number of fused-ring (bicyclic) bond motifs is 1. The van der Waals surface area contributed by atoms with Crippen LogP contribution >= 0.6 is 0 Å². The molecule has 7 heteroatoms. The summed E-state index contributed by atoms with van der Waals surface area (Å²) in [5.41, 5.74) is 13.0. The van der Waals surface area contributed by atoms with Gasteiger partial charge < -0.3 is 10.8 Å². The Kier molecular flexibility index (Phi) is 4.33. The quantitative estimate of drug-likeness (QED) is 0.536. The van der Waals surface area contributed by atoms with E-state index >= 15 is 0 Å². The van der Waals surface area contributed by atoms with Crippen LogP contribution < -0.4 is 5.73 Å². The number of aromatic nitrogens is 4. The van der Waals surface area contributed by atoms with Gasteiger partial charge in [0.15, 0.2) is 5.65 Å². The zero-order chi connectivity index (χ0) is 20.8. The third kappa shape index (κ3) is 2.95. The number of benzene rings is 2. The van der Waals surface area contributed by atoms with Crippen molar-refractivity contribution in [1.82, 2.24) is 19.5 Å². The van der Waals surface area contributed by atoms with Crippen LogP contribution in [0.25, 0.3) is 28.1 Å². The molecular weight excluding hydrogens is 378 g/mol. The molecule has 1 amide bonds. The van der Waals surface area contributed by atoms with E-state index in [4.69, 9.17) is 5.73 Å². The Labute approximate surface area is 173 Å². The van der Waals surface area contributed by atoms with Crippen LogP contribution in [-0.4, -0.2) is 30.5 Å². The number of rotatable bonds is 5. The number of primary amides is 1. The van der Waals surface area contributed by atoms with Crippen LogP contribution in [0.4, 0.5) is 0 Å². The van der Waals surface area contributed by atoms with Gasteiger partial charge in [-0.1, -0.05) is 30.3 Å². The van der Waals surface area contributed by atoms with Crippen LogP contribution in [0.15, 0.2) is 49.1 Å². The average molecular weight is 399 g/mol. The van der Waals surface area contributed by atoms with Crippen LogP contribution in [0.5, 0.6) is 0 Å². The first-order chi connectivity index (χ1) is 14.6. The van der Waals surface area contributed by atoms with Crippen molar-refractivity contribution in [3.8, 4) is 16.9 Å². The molecule has 5 rings (SSSR count). The van der Waals surface area contributed by atoms with Crippen LogP contribution in [0.2, 0.25) is 0 Å². The molecule has 30 heavy (non-hydrogen) atoms. The average Bonchev–Trinajstić information content (AvgIpc) is 3.52. The van der Waals surface area contributed by atoms with E-state index in [1.54, 1.807) is 6.33 Å². The summed E-state index contributed by atoms with van der Waals surface area (Å²) in [6.07, 6.45) is 5.35. The molecule has 150 valence electrons. The number of aliphatic hydroxyl groups excluding tert-OH is 1. The summed E-state index contributed by atoms with van der Waals surface area (Å²) in [7, 11) is 0.